The predicted octanol–water partition coefficient (Wildman–Crippen LogP) is 2.45. The molecule has 0 amide bonds. The number of hydrogen-bond acceptors (Lipinski definition) is 3. The number of halogens is 1. The lowest BCUT2D eigenvalue weighted by molar-refractivity contribution is 0.626. The summed E-state index contributed by atoms with van der Waals surface area (Å²) in [5.74, 6) is 0.590. The Morgan fingerprint density at radius 2 is 1.74 bits per heavy atom. The first-order chi connectivity index (χ1) is 11.1. The molecule has 0 radical (unpaired) electrons. The topological polar surface area (TPSA) is 107 Å². The van der Waals surface area contributed by atoms with Gasteiger partial charge in [0, 0.05) is 6.07 Å². The maximum absolute atomic E-state index is 13.9. The first-order valence-electron chi connectivity index (χ1n) is 7.06. The van der Waals surface area contributed by atoms with Gasteiger partial charge in [-0.05, 0) is 18.2 Å². The number of nitrogens with zero attached hydrogens (tertiary/aromatic N) is 2. The second kappa shape index (κ2) is 4.91. The molecule has 0 atom stereocenters. The predicted molar refractivity (Wildman–Crippen MR) is 86.0 cm³/mol. The van der Waals surface area contributed by atoms with Crippen molar-refractivity contribution < 1.29 is 4.39 Å². The molecule has 114 valence electrons. The zero-order valence-corrected chi connectivity index (χ0v) is 12.0. The van der Waals surface area contributed by atoms with Crippen molar-refractivity contribution >= 4 is 27.9 Å². The van der Waals surface area contributed by atoms with Crippen LogP contribution in [0.15, 0.2) is 36.4 Å². The van der Waals surface area contributed by atoms with E-state index in [4.69, 9.17) is 11.1 Å². The van der Waals surface area contributed by atoms with Crippen molar-refractivity contribution in [3.05, 3.63) is 59.4 Å². The number of amidine groups is 1. The standard InChI is InChI=1S/C16H13FN6/c17-9-6-13-12(5-8(9)16(18)19)22-15(23-13)7-14-20-10-3-1-2-4-11(10)21-14/h1-6H,7H2,(H3,18,19)(H,20,21)(H,22,23). The molecule has 0 bridgehead atoms. The van der Waals surface area contributed by atoms with Crippen LogP contribution in [0, 0.1) is 11.2 Å². The molecule has 2 aromatic heterocycles. The summed E-state index contributed by atoms with van der Waals surface area (Å²) in [5.41, 5.74) is 8.42. The maximum atomic E-state index is 13.9. The largest absolute Gasteiger partial charge is 0.384 e. The molecule has 6 nitrogen and oxygen atoms in total. The normalized spacial score (nSPS) is 11.3. The fourth-order valence-electron chi connectivity index (χ4n) is 2.62. The third-order valence-electron chi connectivity index (χ3n) is 3.68. The lowest BCUT2D eigenvalue weighted by Crippen LogP contribution is -2.13. The Morgan fingerprint density at radius 3 is 2.48 bits per heavy atom. The Hall–Kier alpha value is -3.22. The number of aromatic amines is 2. The molecule has 0 saturated heterocycles. The fourth-order valence-corrected chi connectivity index (χ4v) is 2.62. The summed E-state index contributed by atoms with van der Waals surface area (Å²) in [6.45, 7) is 0. The molecule has 5 N–H and O–H groups in total. The van der Waals surface area contributed by atoms with E-state index in [2.05, 4.69) is 19.9 Å². The van der Waals surface area contributed by atoms with E-state index in [0.29, 0.717) is 23.3 Å². The first-order valence-corrected chi connectivity index (χ1v) is 7.06. The van der Waals surface area contributed by atoms with E-state index in [9.17, 15) is 4.39 Å². The van der Waals surface area contributed by atoms with Gasteiger partial charge in [0.1, 0.15) is 23.3 Å². The molecule has 4 rings (SSSR count). The number of rotatable bonds is 3. The number of imidazole rings is 2. The lowest BCUT2D eigenvalue weighted by Gasteiger charge is -1.99. The highest BCUT2D eigenvalue weighted by molar-refractivity contribution is 5.98. The molecule has 0 aliphatic heterocycles. The SMILES string of the molecule is N=C(N)c1cc2nc(Cc3nc4ccccc4[nH]3)[nH]c2cc1F. The average Bonchev–Trinajstić information content (AvgIpc) is 3.08. The van der Waals surface area contributed by atoms with Crippen molar-refractivity contribution in [1.82, 2.24) is 19.9 Å². The molecular weight excluding hydrogens is 295 g/mol. The van der Waals surface area contributed by atoms with Gasteiger partial charge in [0.2, 0.25) is 0 Å². The number of para-hydroxylation sites is 2. The molecule has 4 aromatic rings. The molecule has 23 heavy (non-hydrogen) atoms. The van der Waals surface area contributed by atoms with Gasteiger partial charge in [0.05, 0.1) is 34.1 Å². The number of hydrogen-bond donors (Lipinski definition) is 4. The van der Waals surface area contributed by atoms with Gasteiger partial charge in [-0.2, -0.15) is 0 Å². The van der Waals surface area contributed by atoms with Crippen LogP contribution in [0.4, 0.5) is 4.39 Å². The van der Waals surface area contributed by atoms with E-state index in [-0.39, 0.29) is 11.4 Å². The second-order valence-corrected chi connectivity index (χ2v) is 5.32. The quantitative estimate of drug-likeness (QED) is 0.345. The van der Waals surface area contributed by atoms with E-state index in [1.54, 1.807) is 0 Å². The zero-order chi connectivity index (χ0) is 16.0. The van der Waals surface area contributed by atoms with Gasteiger partial charge in [-0.1, -0.05) is 12.1 Å². The minimum absolute atomic E-state index is 0.0549. The maximum Gasteiger partial charge on any atom is 0.136 e. The summed E-state index contributed by atoms with van der Waals surface area (Å²) in [6.07, 6.45) is 0.473. The van der Waals surface area contributed by atoms with Crippen molar-refractivity contribution in [2.75, 3.05) is 0 Å². The van der Waals surface area contributed by atoms with Crippen molar-refractivity contribution in [3.63, 3.8) is 0 Å². The molecule has 0 saturated carbocycles. The van der Waals surface area contributed by atoms with Gasteiger partial charge in [0.25, 0.3) is 0 Å². The molecule has 0 aliphatic carbocycles. The average molecular weight is 308 g/mol. The Morgan fingerprint density at radius 1 is 1.04 bits per heavy atom. The van der Waals surface area contributed by atoms with Crippen LogP contribution in [-0.2, 0) is 6.42 Å². The summed E-state index contributed by atoms with van der Waals surface area (Å²) in [4.78, 5) is 15.2. The van der Waals surface area contributed by atoms with Crippen molar-refractivity contribution in [2.45, 2.75) is 6.42 Å². The van der Waals surface area contributed by atoms with Crippen LogP contribution in [0.2, 0.25) is 0 Å². The third kappa shape index (κ3) is 2.32. The van der Waals surface area contributed by atoms with Gasteiger partial charge in [0.15, 0.2) is 0 Å². The van der Waals surface area contributed by atoms with Gasteiger partial charge < -0.3 is 15.7 Å². The Labute approximate surface area is 130 Å². The number of fused-ring (bicyclic) bond motifs is 2. The van der Waals surface area contributed by atoms with Crippen LogP contribution in [0.1, 0.15) is 17.2 Å². The van der Waals surface area contributed by atoms with E-state index in [1.807, 2.05) is 24.3 Å². The third-order valence-corrected chi connectivity index (χ3v) is 3.68. The molecule has 2 heterocycles. The second-order valence-electron chi connectivity index (χ2n) is 5.32. The van der Waals surface area contributed by atoms with Crippen molar-refractivity contribution in [2.24, 2.45) is 5.73 Å². The van der Waals surface area contributed by atoms with Crippen LogP contribution < -0.4 is 5.73 Å². The Balaban J connectivity index is 1.72. The van der Waals surface area contributed by atoms with E-state index >= 15 is 0 Å². The number of nitrogens with one attached hydrogen (secondary N) is 3. The zero-order valence-electron chi connectivity index (χ0n) is 12.0. The molecule has 0 spiro atoms. The highest BCUT2D eigenvalue weighted by atomic mass is 19.1. The monoisotopic (exact) mass is 308 g/mol. The summed E-state index contributed by atoms with van der Waals surface area (Å²) in [6, 6.07) is 10.5. The number of nitrogen functional groups attached to an aromatic ring is 1. The molecule has 0 fully saturated rings. The van der Waals surface area contributed by atoms with E-state index < -0.39 is 5.82 Å². The molecule has 2 aromatic carbocycles. The highest BCUT2D eigenvalue weighted by Crippen LogP contribution is 2.19. The lowest BCUT2D eigenvalue weighted by atomic mass is 10.2. The van der Waals surface area contributed by atoms with Crippen molar-refractivity contribution in [1.29, 1.82) is 5.41 Å². The first kappa shape index (κ1) is 13.4. The minimum atomic E-state index is -0.538. The Bertz CT molecular complexity index is 1010. The molecule has 0 unspecified atom stereocenters. The fraction of sp³-hybridized carbons (Fsp3) is 0.0625. The van der Waals surface area contributed by atoms with Crippen LogP contribution in [0.5, 0.6) is 0 Å². The summed E-state index contributed by atoms with van der Waals surface area (Å²) >= 11 is 0. The minimum Gasteiger partial charge on any atom is -0.384 e. The molecule has 7 heteroatoms. The number of benzene rings is 2. The Kier molecular flexibility index (Phi) is 2.87. The van der Waals surface area contributed by atoms with E-state index in [1.165, 1.54) is 12.1 Å². The van der Waals surface area contributed by atoms with Crippen LogP contribution >= 0.6 is 0 Å². The number of aromatic nitrogens is 4. The summed E-state index contributed by atoms with van der Waals surface area (Å²) in [7, 11) is 0. The van der Waals surface area contributed by atoms with Gasteiger partial charge in [-0.3, -0.25) is 5.41 Å². The van der Waals surface area contributed by atoms with Crippen LogP contribution in [-0.4, -0.2) is 25.8 Å². The number of H-pyrrole nitrogens is 2. The number of nitrogens with two attached hydrogens (primary N) is 1. The van der Waals surface area contributed by atoms with Gasteiger partial charge in [-0.15, -0.1) is 0 Å². The smallest absolute Gasteiger partial charge is 0.136 e. The summed E-state index contributed by atoms with van der Waals surface area (Å²) in [5, 5.41) is 7.38. The van der Waals surface area contributed by atoms with Gasteiger partial charge >= 0.3 is 0 Å². The van der Waals surface area contributed by atoms with Gasteiger partial charge in [-0.25, -0.2) is 14.4 Å². The van der Waals surface area contributed by atoms with Crippen LogP contribution in [0.25, 0.3) is 22.1 Å². The summed E-state index contributed by atoms with van der Waals surface area (Å²) < 4.78 is 13.9. The van der Waals surface area contributed by atoms with Crippen molar-refractivity contribution in [3.8, 4) is 0 Å². The highest BCUT2D eigenvalue weighted by Gasteiger charge is 2.12. The molecular formula is C16H13FN6. The molecule has 0 aliphatic rings. The van der Waals surface area contributed by atoms with Crippen LogP contribution in [0.3, 0.4) is 0 Å². The van der Waals surface area contributed by atoms with E-state index in [0.717, 1.165) is 16.9 Å².